The molecule has 0 aliphatic carbocycles. The molecule has 0 atom stereocenters. The highest BCUT2D eigenvalue weighted by atomic mass is 35.5. The minimum atomic E-state index is -0.316. The van der Waals surface area contributed by atoms with E-state index in [4.69, 9.17) is 11.6 Å². The summed E-state index contributed by atoms with van der Waals surface area (Å²) >= 11 is 6.88. The Labute approximate surface area is 185 Å². The van der Waals surface area contributed by atoms with Crippen LogP contribution in [0.2, 0.25) is 5.02 Å². The molecule has 2 amide bonds. The molecule has 0 bridgehead atoms. The monoisotopic (exact) mass is 436 g/mol. The molecule has 1 aliphatic rings. The van der Waals surface area contributed by atoms with Crippen LogP contribution in [0.3, 0.4) is 0 Å². The lowest BCUT2D eigenvalue weighted by Gasteiger charge is -2.15. The molecule has 0 N–H and O–H groups in total. The number of carbonyl (C=O) groups is 2. The Morgan fingerprint density at radius 3 is 2.20 bits per heavy atom. The number of anilines is 1. The van der Waals surface area contributed by atoms with Gasteiger partial charge in [0.15, 0.2) is 0 Å². The second kappa shape index (κ2) is 7.82. The van der Waals surface area contributed by atoms with E-state index in [9.17, 15) is 9.59 Å². The summed E-state index contributed by atoms with van der Waals surface area (Å²) in [4.78, 5) is 27.1. The molecule has 4 rings (SSSR count). The Hall–Kier alpha value is -2.76. The van der Waals surface area contributed by atoms with E-state index in [1.165, 1.54) is 16.0 Å². The highest BCUT2D eigenvalue weighted by molar-refractivity contribution is 8.19. The zero-order valence-electron chi connectivity index (χ0n) is 17.2. The number of para-hydroxylation sites is 1. The molecular formula is C24H21ClN2O2S. The van der Waals surface area contributed by atoms with Crippen LogP contribution in [0.1, 0.15) is 28.1 Å². The fraction of sp³-hybridized carbons (Fsp3) is 0.167. The molecule has 0 saturated carbocycles. The fourth-order valence-electron chi connectivity index (χ4n) is 3.86. The average Bonchev–Trinajstić information content (AvgIpc) is 3.12. The van der Waals surface area contributed by atoms with Crippen LogP contribution in [0.25, 0.3) is 11.8 Å². The first-order valence-electron chi connectivity index (χ1n) is 9.57. The number of amides is 2. The Balaban J connectivity index is 1.74. The number of carbonyl (C=O) groups excluding carboxylic acids is 2. The minimum absolute atomic E-state index is 0.308. The molecule has 6 heteroatoms. The maximum absolute atomic E-state index is 13.0. The van der Waals surface area contributed by atoms with Crippen LogP contribution < -0.4 is 4.90 Å². The van der Waals surface area contributed by atoms with Crippen molar-refractivity contribution in [2.45, 2.75) is 27.7 Å². The molecule has 152 valence electrons. The number of benzene rings is 2. The standard InChI is InChI=1S/C24H21ClN2O2S/c1-14-6-5-7-15(2)22(14)26-16(3)12-18(17(26)4)13-21-23(28)27(24(29)30-21)20-10-8-19(25)9-11-20/h5-13H,1-4H3. The molecule has 1 aliphatic heterocycles. The van der Waals surface area contributed by atoms with Gasteiger partial charge >= 0.3 is 0 Å². The molecule has 4 nitrogen and oxygen atoms in total. The summed E-state index contributed by atoms with van der Waals surface area (Å²) in [7, 11) is 0. The first kappa shape index (κ1) is 20.5. The van der Waals surface area contributed by atoms with Crippen LogP contribution in [0, 0.1) is 27.7 Å². The van der Waals surface area contributed by atoms with Gasteiger partial charge in [0.1, 0.15) is 0 Å². The number of aromatic nitrogens is 1. The van der Waals surface area contributed by atoms with Gasteiger partial charge in [-0.3, -0.25) is 9.59 Å². The Bertz CT molecular complexity index is 1190. The van der Waals surface area contributed by atoms with Gasteiger partial charge in [-0.15, -0.1) is 0 Å². The fourth-order valence-corrected chi connectivity index (χ4v) is 4.82. The normalized spacial score (nSPS) is 15.5. The number of thioether (sulfide) groups is 1. The van der Waals surface area contributed by atoms with Crippen LogP contribution in [0.4, 0.5) is 10.5 Å². The van der Waals surface area contributed by atoms with Crippen molar-refractivity contribution in [3.63, 3.8) is 0 Å². The lowest BCUT2D eigenvalue weighted by molar-refractivity contribution is -0.113. The number of imide groups is 1. The molecule has 1 aromatic heterocycles. The topological polar surface area (TPSA) is 42.3 Å². The minimum Gasteiger partial charge on any atom is -0.317 e. The van der Waals surface area contributed by atoms with Crippen LogP contribution in [0.15, 0.2) is 53.4 Å². The first-order chi connectivity index (χ1) is 14.3. The zero-order valence-corrected chi connectivity index (χ0v) is 18.8. The van der Waals surface area contributed by atoms with Gasteiger partial charge in [-0.2, -0.15) is 0 Å². The maximum Gasteiger partial charge on any atom is 0.298 e. The van der Waals surface area contributed by atoms with E-state index in [1.807, 2.05) is 13.0 Å². The number of rotatable bonds is 3. The smallest absolute Gasteiger partial charge is 0.298 e. The lowest BCUT2D eigenvalue weighted by Crippen LogP contribution is -2.27. The van der Waals surface area contributed by atoms with Gasteiger partial charge < -0.3 is 4.57 Å². The quantitative estimate of drug-likeness (QED) is 0.434. The molecule has 1 saturated heterocycles. The van der Waals surface area contributed by atoms with Gasteiger partial charge in [0, 0.05) is 16.4 Å². The summed E-state index contributed by atoms with van der Waals surface area (Å²) in [6, 6.07) is 15.0. The third-order valence-electron chi connectivity index (χ3n) is 5.30. The largest absolute Gasteiger partial charge is 0.317 e. The number of hydrogen-bond donors (Lipinski definition) is 0. The van der Waals surface area contributed by atoms with Crippen LogP contribution in [-0.2, 0) is 4.79 Å². The summed E-state index contributed by atoms with van der Waals surface area (Å²) < 4.78 is 2.21. The summed E-state index contributed by atoms with van der Waals surface area (Å²) in [5.41, 5.74) is 7.08. The summed E-state index contributed by atoms with van der Waals surface area (Å²) in [5.74, 6) is -0.316. The number of aryl methyl sites for hydroxylation is 3. The summed E-state index contributed by atoms with van der Waals surface area (Å²) in [6.45, 7) is 8.28. The predicted octanol–water partition coefficient (Wildman–Crippen LogP) is 6.61. The van der Waals surface area contributed by atoms with E-state index in [-0.39, 0.29) is 11.1 Å². The molecule has 1 fully saturated rings. The van der Waals surface area contributed by atoms with Gasteiger partial charge in [-0.1, -0.05) is 29.8 Å². The second-order valence-electron chi connectivity index (χ2n) is 7.40. The van der Waals surface area contributed by atoms with Crippen molar-refractivity contribution in [3.8, 4) is 5.69 Å². The third kappa shape index (κ3) is 3.48. The van der Waals surface area contributed by atoms with E-state index in [2.05, 4.69) is 49.6 Å². The molecule has 3 aromatic rings. The molecule has 2 heterocycles. The molecular weight excluding hydrogens is 416 g/mol. The number of hydrogen-bond acceptors (Lipinski definition) is 3. The van der Waals surface area contributed by atoms with Crippen molar-refractivity contribution in [2.75, 3.05) is 4.90 Å². The SMILES string of the molecule is Cc1cccc(C)c1-n1c(C)cc(C=C2SC(=O)N(c3ccc(Cl)cc3)C2=O)c1C. The number of nitrogens with zero attached hydrogens (tertiary/aromatic N) is 2. The average molecular weight is 437 g/mol. The third-order valence-corrected chi connectivity index (χ3v) is 6.42. The van der Waals surface area contributed by atoms with Gasteiger partial charge in [0.25, 0.3) is 11.1 Å². The van der Waals surface area contributed by atoms with Gasteiger partial charge in [-0.05, 0) is 92.6 Å². The highest BCUT2D eigenvalue weighted by Gasteiger charge is 2.36. The highest BCUT2D eigenvalue weighted by Crippen LogP contribution is 2.37. The van der Waals surface area contributed by atoms with Crippen molar-refractivity contribution in [1.29, 1.82) is 0 Å². The second-order valence-corrected chi connectivity index (χ2v) is 8.83. The van der Waals surface area contributed by atoms with Crippen molar-refractivity contribution in [2.24, 2.45) is 0 Å². The van der Waals surface area contributed by atoms with E-state index in [0.717, 1.165) is 34.4 Å². The zero-order chi connectivity index (χ0) is 21.6. The summed E-state index contributed by atoms with van der Waals surface area (Å²) in [6.07, 6.45) is 1.81. The van der Waals surface area contributed by atoms with Gasteiger partial charge in [0.05, 0.1) is 16.3 Å². The van der Waals surface area contributed by atoms with E-state index < -0.39 is 0 Å². The molecule has 0 radical (unpaired) electrons. The maximum atomic E-state index is 13.0. The van der Waals surface area contributed by atoms with Crippen molar-refractivity contribution >= 4 is 46.3 Å². The molecule has 0 spiro atoms. The van der Waals surface area contributed by atoms with Gasteiger partial charge in [0.2, 0.25) is 0 Å². The Morgan fingerprint density at radius 2 is 1.57 bits per heavy atom. The molecule has 30 heavy (non-hydrogen) atoms. The van der Waals surface area contributed by atoms with Crippen molar-refractivity contribution in [3.05, 3.63) is 86.5 Å². The Kier molecular flexibility index (Phi) is 5.35. The molecule has 0 unspecified atom stereocenters. The summed E-state index contributed by atoms with van der Waals surface area (Å²) in [5, 5.41) is 0.248. The predicted molar refractivity (Wildman–Crippen MR) is 125 cm³/mol. The van der Waals surface area contributed by atoms with Crippen LogP contribution in [-0.4, -0.2) is 15.7 Å². The first-order valence-corrected chi connectivity index (χ1v) is 10.8. The van der Waals surface area contributed by atoms with Crippen molar-refractivity contribution < 1.29 is 9.59 Å². The van der Waals surface area contributed by atoms with E-state index >= 15 is 0 Å². The van der Waals surface area contributed by atoms with E-state index in [1.54, 1.807) is 24.3 Å². The molecule has 2 aromatic carbocycles. The van der Waals surface area contributed by atoms with E-state index in [0.29, 0.717) is 15.6 Å². The van der Waals surface area contributed by atoms with Crippen LogP contribution >= 0.6 is 23.4 Å². The van der Waals surface area contributed by atoms with Crippen molar-refractivity contribution in [1.82, 2.24) is 4.57 Å². The van der Waals surface area contributed by atoms with Crippen LogP contribution in [0.5, 0.6) is 0 Å². The lowest BCUT2D eigenvalue weighted by atomic mass is 10.1. The Morgan fingerprint density at radius 1 is 0.933 bits per heavy atom. The van der Waals surface area contributed by atoms with Gasteiger partial charge in [-0.25, -0.2) is 4.90 Å². The number of halogens is 1.